The molecular weight excluding hydrogens is 224 g/mol. The predicted molar refractivity (Wildman–Crippen MR) is 71.6 cm³/mol. The molecule has 0 spiro atoms. The average Bonchev–Trinajstić information content (AvgIpc) is 2.16. The highest BCUT2D eigenvalue weighted by Gasteiger charge is 2.41. The molecule has 3 heteroatoms. The lowest BCUT2D eigenvalue weighted by Crippen LogP contribution is -2.37. The molecule has 0 aromatic carbocycles. The first kappa shape index (κ1) is 15.0. The van der Waals surface area contributed by atoms with Crippen molar-refractivity contribution in [1.29, 1.82) is 0 Å². The second-order valence-corrected chi connectivity index (χ2v) is 10.4. The van der Waals surface area contributed by atoms with Crippen molar-refractivity contribution in [1.82, 2.24) is 0 Å². The fourth-order valence-corrected chi connectivity index (χ4v) is 3.82. The van der Waals surface area contributed by atoms with Gasteiger partial charge in [-0.05, 0) is 23.9 Å². The van der Waals surface area contributed by atoms with Crippen LogP contribution in [-0.4, -0.2) is 7.63 Å². The Morgan fingerprint density at radius 2 is 1.73 bits per heavy atom. The molecule has 0 rings (SSSR count). The first-order chi connectivity index (χ1) is 6.95. The first-order valence-electron chi connectivity index (χ1n) is 5.96. The molecule has 0 heterocycles. The second-order valence-electron chi connectivity index (χ2n) is 4.64. The van der Waals surface area contributed by atoms with Gasteiger partial charge in [0, 0.05) is 0 Å². The Balaban J connectivity index is 4.14. The maximum Gasteiger partial charge on any atom is 0.351 e. The van der Waals surface area contributed by atoms with E-state index in [1.807, 2.05) is 6.26 Å². The van der Waals surface area contributed by atoms with Crippen molar-refractivity contribution in [2.24, 2.45) is 0 Å². The van der Waals surface area contributed by atoms with E-state index in [9.17, 15) is 0 Å². The van der Waals surface area contributed by atoms with Gasteiger partial charge in [0.1, 0.15) is 0 Å². The molecule has 90 valence electrons. The molecule has 0 atom stereocenters. The molecule has 0 aliphatic carbocycles. The maximum absolute atomic E-state index is 6.59. The molecular formula is C12H25ClOSi. The summed E-state index contributed by atoms with van der Waals surface area (Å²) < 4.78 is 5.82. The van der Waals surface area contributed by atoms with Crippen molar-refractivity contribution in [2.45, 2.75) is 65.0 Å². The largest absolute Gasteiger partial charge is 0.535 e. The molecule has 0 N–H and O–H groups in total. The summed E-state index contributed by atoms with van der Waals surface area (Å²) in [6.45, 7) is 10.8. The molecule has 0 aromatic heterocycles. The molecule has 0 saturated heterocycles. The second kappa shape index (κ2) is 7.34. The van der Waals surface area contributed by atoms with Gasteiger partial charge in [-0.2, -0.15) is 0 Å². The van der Waals surface area contributed by atoms with Crippen LogP contribution in [0.5, 0.6) is 0 Å². The summed E-state index contributed by atoms with van der Waals surface area (Å²) in [5, 5.41) is 0. The van der Waals surface area contributed by atoms with E-state index in [4.69, 9.17) is 15.5 Å². The fraction of sp³-hybridized carbons (Fsp3) is 0.833. The maximum atomic E-state index is 6.59. The van der Waals surface area contributed by atoms with Gasteiger partial charge >= 0.3 is 7.63 Å². The summed E-state index contributed by atoms with van der Waals surface area (Å²) >= 11 is 6.59. The van der Waals surface area contributed by atoms with Crippen LogP contribution in [0.15, 0.2) is 12.3 Å². The van der Waals surface area contributed by atoms with Crippen LogP contribution in [0.25, 0.3) is 0 Å². The quantitative estimate of drug-likeness (QED) is 0.260. The summed E-state index contributed by atoms with van der Waals surface area (Å²) in [5.41, 5.74) is 0.880. The third kappa shape index (κ3) is 5.07. The van der Waals surface area contributed by atoms with E-state index in [1.54, 1.807) is 0 Å². The summed E-state index contributed by atoms with van der Waals surface area (Å²) in [7, 11) is -2.08. The molecule has 0 bridgehead atoms. The third-order valence-electron chi connectivity index (χ3n) is 2.64. The van der Waals surface area contributed by atoms with Crippen molar-refractivity contribution >= 4 is 18.7 Å². The van der Waals surface area contributed by atoms with Crippen LogP contribution in [0.1, 0.15) is 53.9 Å². The van der Waals surface area contributed by atoms with Crippen molar-refractivity contribution in [3.8, 4) is 0 Å². The van der Waals surface area contributed by atoms with E-state index in [0.29, 0.717) is 11.1 Å². The Labute approximate surface area is 101 Å². The molecule has 0 saturated carbocycles. The number of unbranched alkanes of at least 4 members (excludes halogenated alkanes) is 2. The van der Waals surface area contributed by atoms with E-state index in [2.05, 4.69) is 40.7 Å². The summed E-state index contributed by atoms with van der Waals surface area (Å²) in [5.74, 6) is 0. The van der Waals surface area contributed by atoms with Crippen LogP contribution in [0, 0.1) is 0 Å². The van der Waals surface area contributed by atoms with Gasteiger partial charge in [-0.15, -0.1) is 11.1 Å². The first-order valence-corrected chi connectivity index (χ1v) is 9.04. The van der Waals surface area contributed by atoms with Gasteiger partial charge in [0.05, 0.1) is 6.26 Å². The summed E-state index contributed by atoms with van der Waals surface area (Å²) in [6.07, 6.45) is 7.46. The van der Waals surface area contributed by atoms with Gasteiger partial charge in [-0.25, -0.2) is 0 Å². The monoisotopic (exact) mass is 248 g/mol. The van der Waals surface area contributed by atoms with Gasteiger partial charge in [0.25, 0.3) is 0 Å². The lowest BCUT2D eigenvalue weighted by atomic mass is 10.2. The lowest BCUT2D eigenvalue weighted by Gasteiger charge is -2.30. The molecule has 0 unspecified atom stereocenters. The van der Waals surface area contributed by atoms with E-state index < -0.39 is 7.63 Å². The Morgan fingerprint density at radius 3 is 2.13 bits per heavy atom. The zero-order chi connectivity index (χ0) is 11.9. The number of hydrogen-bond acceptors (Lipinski definition) is 1. The van der Waals surface area contributed by atoms with Crippen LogP contribution in [0.2, 0.25) is 11.1 Å². The van der Waals surface area contributed by atoms with Crippen LogP contribution in [0.3, 0.4) is 0 Å². The average molecular weight is 249 g/mol. The molecule has 0 aliphatic rings. The standard InChI is InChI=1S/C12H25ClOSi/c1-6-7-8-9-10-14-15(13,11(2)3)12(4)5/h9-12H,6-8H2,1-5H3/b10-9+. The van der Waals surface area contributed by atoms with Crippen LogP contribution < -0.4 is 0 Å². The summed E-state index contributed by atoms with van der Waals surface area (Å²) in [6, 6.07) is 0. The van der Waals surface area contributed by atoms with Crippen LogP contribution >= 0.6 is 11.1 Å². The highest BCUT2D eigenvalue weighted by Crippen LogP contribution is 2.36. The minimum Gasteiger partial charge on any atom is -0.535 e. The van der Waals surface area contributed by atoms with E-state index in [1.165, 1.54) is 12.8 Å². The smallest absolute Gasteiger partial charge is 0.351 e. The number of allylic oxidation sites excluding steroid dienone is 1. The molecule has 0 fully saturated rings. The van der Waals surface area contributed by atoms with Crippen molar-refractivity contribution in [3.05, 3.63) is 12.3 Å². The zero-order valence-corrected chi connectivity index (χ0v) is 12.5. The van der Waals surface area contributed by atoms with Crippen molar-refractivity contribution in [3.63, 3.8) is 0 Å². The zero-order valence-electron chi connectivity index (χ0n) is 10.7. The van der Waals surface area contributed by atoms with Gasteiger partial charge in [0.2, 0.25) is 0 Å². The lowest BCUT2D eigenvalue weighted by molar-refractivity contribution is 0.452. The predicted octanol–water partition coefficient (Wildman–Crippen LogP) is 5.21. The van der Waals surface area contributed by atoms with Crippen molar-refractivity contribution < 1.29 is 4.43 Å². The molecule has 0 aromatic rings. The van der Waals surface area contributed by atoms with Gasteiger partial charge in [0.15, 0.2) is 0 Å². The molecule has 0 radical (unpaired) electrons. The Morgan fingerprint density at radius 1 is 1.20 bits per heavy atom. The minimum absolute atomic E-state index is 0.440. The molecule has 0 amide bonds. The van der Waals surface area contributed by atoms with E-state index in [0.717, 1.165) is 6.42 Å². The number of halogens is 1. The number of hydrogen-bond donors (Lipinski definition) is 0. The SMILES string of the molecule is CCCC/C=C/O[Si](Cl)(C(C)C)C(C)C. The summed E-state index contributed by atoms with van der Waals surface area (Å²) in [4.78, 5) is 0. The van der Waals surface area contributed by atoms with Crippen LogP contribution in [-0.2, 0) is 4.43 Å². The van der Waals surface area contributed by atoms with E-state index in [-0.39, 0.29) is 0 Å². The Bertz CT molecular complexity index is 182. The third-order valence-corrected chi connectivity index (χ3v) is 9.18. The molecule has 15 heavy (non-hydrogen) atoms. The highest BCUT2D eigenvalue weighted by molar-refractivity contribution is 7.18. The van der Waals surface area contributed by atoms with Gasteiger partial charge < -0.3 is 4.43 Å². The van der Waals surface area contributed by atoms with Crippen LogP contribution in [0.4, 0.5) is 0 Å². The Kier molecular flexibility index (Phi) is 7.36. The fourth-order valence-electron chi connectivity index (χ4n) is 1.48. The highest BCUT2D eigenvalue weighted by atomic mass is 35.6. The van der Waals surface area contributed by atoms with Gasteiger partial charge in [-0.3, -0.25) is 0 Å². The van der Waals surface area contributed by atoms with Gasteiger partial charge in [-0.1, -0.05) is 47.1 Å². The number of rotatable bonds is 7. The Hall–Kier alpha value is 0.0469. The normalized spacial score (nSPS) is 13.1. The minimum atomic E-state index is -2.08. The topological polar surface area (TPSA) is 9.23 Å². The molecule has 1 nitrogen and oxygen atoms in total. The van der Waals surface area contributed by atoms with E-state index >= 15 is 0 Å². The molecule has 0 aliphatic heterocycles. The van der Waals surface area contributed by atoms with Crippen molar-refractivity contribution in [2.75, 3.05) is 0 Å².